The number of nitrogens with zero attached hydrogens (tertiary/aromatic N) is 1. The molecule has 120 valence electrons. The van der Waals surface area contributed by atoms with Crippen molar-refractivity contribution in [2.45, 2.75) is 13.0 Å². The molecule has 4 rings (SSSR count). The van der Waals surface area contributed by atoms with Gasteiger partial charge in [0.2, 0.25) is 0 Å². The van der Waals surface area contributed by atoms with Crippen molar-refractivity contribution in [3.8, 4) is 17.0 Å². The Morgan fingerprint density at radius 2 is 1.92 bits per heavy atom. The van der Waals surface area contributed by atoms with E-state index in [1.807, 2.05) is 18.2 Å². The van der Waals surface area contributed by atoms with E-state index in [1.165, 1.54) is 6.21 Å². The number of hydrogen-bond acceptors (Lipinski definition) is 5. The number of aromatic nitrogens is 1. The van der Waals surface area contributed by atoms with Crippen molar-refractivity contribution in [3.63, 3.8) is 0 Å². The van der Waals surface area contributed by atoms with Gasteiger partial charge in [-0.05, 0) is 48.4 Å². The number of phenols is 1. The van der Waals surface area contributed by atoms with Crippen LogP contribution >= 0.6 is 0 Å². The van der Waals surface area contributed by atoms with Crippen LogP contribution in [0.2, 0.25) is 0 Å². The van der Waals surface area contributed by atoms with E-state index in [9.17, 15) is 5.11 Å². The Morgan fingerprint density at radius 3 is 2.67 bits per heavy atom. The van der Waals surface area contributed by atoms with E-state index in [4.69, 9.17) is 20.9 Å². The molecule has 3 aromatic rings. The van der Waals surface area contributed by atoms with Crippen LogP contribution in [0.15, 0.2) is 36.4 Å². The number of anilines is 1. The second-order valence-electron chi connectivity index (χ2n) is 5.87. The topological polar surface area (TPSA) is 92.2 Å². The maximum absolute atomic E-state index is 9.53. The van der Waals surface area contributed by atoms with Crippen molar-refractivity contribution in [1.82, 2.24) is 4.98 Å². The molecule has 1 aliphatic rings. The van der Waals surface area contributed by atoms with Gasteiger partial charge in [-0.2, -0.15) is 0 Å². The number of pyridine rings is 1. The molecule has 0 atom stereocenters. The van der Waals surface area contributed by atoms with Crippen molar-refractivity contribution in [3.05, 3.63) is 53.1 Å². The van der Waals surface area contributed by atoms with Crippen LogP contribution in [0.25, 0.3) is 22.2 Å². The normalized spacial score (nSPS) is 13.7. The molecule has 0 unspecified atom stereocenters. The van der Waals surface area contributed by atoms with Crippen molar-refractivity contribution < 1.29 is 9.84 Å². The number of hydrogen-bond donors (Lipinski definition) is 3. The summed E-state index contributed by atoms with van der Waals surface area (Å²) in [4.78, 5) is 4.82. The molecular weight excluding hydrogens is 302 g/mol. The molecule has 0 saturated carbocycles. The number of phenolic OH excluding ortho intramolecular Hbond substituents is 1. The predicted octanol–water partition coefficient (Wildman–Crippen LogP) is 3.26. The minimum atomic E-state index is 0.225. The lowest BCUT2D eigenvalue weighted by Crippen LogP contribution is -2.14. The van der Waals surface area contributed by atoms with E-state index in [0.717, 1.165) is 45.3 Å². The lowest BCUT2D eigenvalue weighted by molar-refractivity contribution is 0.111. The Hall–Kier alpha value is -2.92. The number of fused-ring (bicyclic) bond motifs is 3. The second kappa shape index (κ2) is 5.62. The molecule has 5 heteroatoms. The van der Waals surface area contributed by atoms with Gasteiger partial charge in [-0.1, -0.05) is 0 Å². The molecule has 0 bridgehead atoms. The van der Waals surface area contributed by atoms with Crippen LogP contribution in [0.1, 0.15) is 16.7 Å². The van der Waals surface area contributed by atoms with Crippen molar-refractivity contribution in [1.29, 1.82) is 5.41 Å². The summed E-state index contributed by atoms with van der Waals surface area (Å²) < 4.78 is 5.66. The summed E-state index contributed by atoms with van der Waals surface area (Å²) in [6.07, 6.45) is 2.07. The third kappa shape index (κ3) is 2.21. The van der Waals surface area contributed by atoms with E-state index in [0.29, 0.717) is 18.9 Å². The van der Waals surface area contributed by atoms with E-state index < -0.39 is 0 Å². The first-order valence-electron chi connectivity index (χ1n) is 7.80. The molecule has 0 saturated heterocycles. The standard InChI is InChI=1S/C19H17N3O2/c20-9-14-16(21)5-6-17-18(14)13-7-8-24-10-15(13)19(22-17)11-1-3-12(23)4-2-11/h1-6,9,20,23H,7-8,10,21H2. The van der Waals surface area contributed by atoms with E-state index in [1.54, 1.807) is 18.2 Å². The smallest absolute Gasteiger partial charge is 0.115 e. The third-order valence-corrected chi connectivity index (χ3v) is 4.47. The number of nitrogens with one attached hydrogen (secondary N) is 1. The zero-order valence-corrected chi connectivity index (χ0v) is 13.0. The summed E-state index contributed by atoms with van der Waals surface area (Å²) in [5.41, 5.74) is 12.2. The fourth-order valence-corrected chi connectivity index (χ4v) is 3.31. The molecule has 1 aromatic heterocycles. The predicted molar refractivity (Wildman–Crippen MR) is 94.5 cm³/mol. The highest BCUT2D eigenvalue weighted by atomic mass is 16.5. The fraction of sp³-hybridized carbons (Fsp3) is 0.158. The van der Waals surface area contributed by atoms with Gasteiger partial charge in [-0.3, -0.25) is 0 Å². The summed E-state index contributed by atoms with van der Waals surface area (Å²) in [7, 11) is 0. The monoisotopic (exact) mass is 319 g/mol. The van der Waals surface area contributed by atoms with Gasteiger partial charge < -0.3 is 21.0 Å². The first-order chi connectivity index (χ1) is 11.7. The molecule has 0 radical (unpaired) electrons. The van der Waals surface area contributed by atoms with Gasteiger partial charge in [0.15, 0.2) is 0 Å². The number of benzene rings is 2. The Bertz CT molecular complexity index is 949. The lowest BCUT2D eigenvalue weighted by atomic mass is 9.91. The molecule has 0 spiro atoms. The van der Waals surface area contributed by atoms with Gasteiger partial charge in [-0.15, -0.1) is 0 Å². The van der Waals surface area contributed by atoms with E-state index >= 15 is 0 Å². The van der Waals surface area contributed by atoms with Crippen LogP contribution in [0.5, 0.6) is 5.75 Å². The second-order valence-corrected chi connectivity index (χ2v) is 5.87. The van der Waals surface area contributed by atoms with Crippen LogP contribution in [0.4, 0.5) is 5.69 Å². The molecule has 5 nitrogen and oxygen atoms in total. The van der Waals surface area contributed by atoms with Crippen LogP contribution < -0.4 is 5.73 Å². The number of rotatable bonds is 2. The SMILES string of the molecule is N=Cc1c(N)ccc2nc(-c3ccc(O)cc3)c3c(c12)CCOC3. The maximum atomic E-state index is 9.53. The Morgan fingerprint density at radius 1 is 1.12 bits per heavy atom. The number of nitrogens with two attached hydrogens (primary N) is 1. The molecule has 0 fully saturated rings. The van der Waals surface area contributed by atoms with Gasteiger partial charge >= 0.3 is 0 Å². The molecular formula is C19H17N3O2. The molecule has 0 aliphatic carbocycles. The largest absolute Gasteiger partial charge is 0.508 e. The molecule has 2 heterocycles. The zero-order valence-electron chi connectivity index (χ0n) is 13.0. The molecule has 4 N–H and O–H groups in total. The molecule has 1 aliphatic heterocycles. The fourth-order valence-electron chi connectivity index (χ4n) is 3.31. The zero-order chi connectivity index (χ0) is 16.7. The highest BCUT2D eigenvalue weighted by Crippen LogP contribution is 2.36. The lowest BCUT2D eigenvalue weighted by Gasteiger charge is -2.23. The van der Waals surface area contributed by atoms with Crippen molar-refractivity contribution in [2.24, 2.45) is 0 Å². The van der Waals surface area contributed by atoms with E-state index in [2.05, 4.69) is 0 Å². The Kier molecular flexibility index (Phi) is 3.43. The van der Waals surface area contributed by atoms with Crippen LogP contribution in [0, 0.1) is 5.41 Å². The average Bonchev–Trinajstić information content (AvgIpc) is 2.62. The van der Waals surface area contributed by atoms with Crippen LogP contribution in [-0.2, 0) is 17.8 Å². The average molecular weight is 319 g/mol. The summed E-state index contributed by atoms with van der Waals surface area (Å²) in [6.45, 7) is 1.13. The Balaban J connectivity index is 2.08. The maximum Gasteiger partial charge on any atom is 0.115 e. The van der Waals surface area contributed by atoms with Crippen molar-refractivity contribution in [2.75, 3.05) is 12.3 Å². The first-order valence-corrected chi connectivity index (χ1v) is 7.80. The minimum absolute atomic E-state index is 0.225. The summed E-state index contributed by atoms with van der Waals surface area (Å²) in [5.74, 6) is 0.225. The third-order valence-electron chi connectivity index (χ3n) is 4.47. The molecule has 0 amide bonds. The van der Waals surface area contributed by atoms with Gasteiger partial charge in [0.05, 0.1) is 24.4 Å². The van der Waals surface area contributed by atoms with Gasteiger partial charge in [0.25, 0.3) is 0 Å². The summed E-state index contributed by atoms with van der Waals surface area (Å²) in [6, 6.07) is 10.7. The summed E-state index contributed by atoms with van der Waals surface area (Å²) in [5, 5.41) is 18.2. The van der Waals surface area contributed by atoms with Gasteiger partial charge in [0.1, 0.15) is 5.75 Å². The molecule has 2 aromatic carbocycles. The van der Waals surface area contributed by atoms with Crippen molar-refractivity contribution >= 4 is 22.8 Å². The number of nitrogen functional groups attached to an aromatic ring is 1. The highest BCUT2D eigenvalue weighted by molar-refractivity contribution is 6.05. The first kappa shape index (κ1) is 14.7. The number of aromatic hydroxyl groups is 1. The minimum Gasteiger partial charge on any atom is -0.508 e. The van der Waals surface area contributed by atoms with Gasteiger partial charge in [0, 0.05) is 34.0 Å². The highest BCUT2D eigenvalue weighted by Gasteiger charge is 2.21. The number of ether oxygens (including phenoxy) is 1. The van der Waals surface area contributed by atoms with Gasteiger partial charge in [-0.25, -0.2) is 4.98 Å². The van der Waals surface area contributed by atoms with Crippen LogP contribution in [-0.4, -0.2) is 22.9 Å². The quantitative estimate of drug-likeness (QED) is 0.499. The van der Waals surface area contributed by atoms with E-state index in [-0.39, 0.29) is 5.75 Å². The Labute approximate surface area is 139 Å². The van der Waals surface area contributed by atoms with Crippen LogP contribution in [0.3, 0.4) is 0 Å². The molecule has 24 heavy (non-hydrogen) atoms. The summed E-state index contributed by atoms with van der Waals surface area (Å²) >= 11 is 0.